The largest absolute Gasteiger partial charge is 0.371 e. The van der Waals surface area contributed by atoms with E-state index in [4.69, 9.17) is 15.1 Å². The maximum atomic E-state index is 5.09. The zero-order valence-corrected chi connectivity index (χ0v) is 26.1. The molecule has 4 aromatic rings. The average Bonchev–Trinajstić information content (AvgIpc) is 3.74. The summed E-state index contributed by atoms with van der Waals surface area (Å²) >= 11 is 1.71. The van der Waals surface area contributed by atoms with E-state index in [1.165, 1.54) is 67.2 Å². The Labute approximate surface area is 257 Å². The van der Waals surface area contributed by atoms with Crippen LogP contribution in [0.3, 0.4) is 0 Å². The van der Waals surface area contributed by atoms with Crippen molar-refractivity contribution in [3.63, 3.8) is 0 Å². The van der Waals surface area contributed by atoms with Crippen molar-refractivity contribution in [3.8, 4) is 0 Å². The van der Waals surface area contributed by atoms with Gasteiger partial charge in [-0.25, -0.2) is 9.29 Å². The summed E-state index contributed by atoms with van der Waals surface area (Å²) in [6.07, 6.45) is 6.47. The van der Waals surface area contributed by atoms with E-state index in [1.54, 1.807) is 12.1 Å². The predicted octanol–water partition coefficient (Wildman–Crippen LogP) is 4.96. The summed E-state index contributed by atoms with van der Waals surface area (Å²) in [5.74, 6) is 1.42. The van der Waals surface area contributed by atoms with E-state index in [1.807, 2.05) is 17.9 Å². The Morgan fingerprint density at radius 1 is 0.953 bits per heavy atom. The van der Waals surface area contributed by atoms with E-state index in [-0.39, 0.29) is 0 Å². The first-order valence-corrected chi connectivity index (χ1v) is 16.4. The lowest BCUT2D eigenvalue weighted by Crippen LogP contribution is -2.52. The summed E-state index contributed by atoms with van der Waals surface area (Å²) in [7, 11) is 4.18. The van der Waals surface area contributed by atoms with Gasteiger partial charge in [-0.2, -0.15) is 10.1 Å². The van der Waals surface area contributed by atoms with Crippen molar-refractivity contribution in [2.45, 2.75) is 38.6 Å². The number of aryl methyl sites for hydroxylation is 2. The molecular weight excluding hydrogens is 556 g/mol. The molecular formula is C32H40N10S. The van der Waals surface area contributed by atoms with Crippen LogP contribution in [-0.4, -0.2) is 88.5 Å². The van der Waals surface area contributed by atoms with Gasteiger partial charge in [-0.05, 0) is 68.1 Å². The van der Waals surface area contributed by atoms with Gasteiger partial charge >= 0.3 is 0 Å². The van der Waals surface area contributed by atoms with E-state index in [9.17, 15) is 0 Å². The molecule has 0 unspecified atom stereocenters. The highest BCUT2D eigenvalue weighted by molar-refractivity contribution is 8.02. The van der Waals surface area contributed by atoms with Crippen LogP contribution in [-0.2, 0) is 19.9 Å². The fourth-order valence-electron chi connectivity index (χ4n) is 7.14. The van der Waals surface area contributed by atoms with Gasteiger partial charge in [-0.3, -0.25) is 13.9 Å². The Bertz CT molecular complexity index is 1650. The molecule has 0 saturated carbocycles. The molecule has 1 N–H and O–H groups in total. The van der Waals surface area contributed by atoms with E-state index in [2.05, 4.69) is 79.0 Å². The van der Waals surface area contributed by atoms with Crippen LogP contribution in [0.1, 0.15) is 30.9 Å². The quantitative estimate of drug-likeness (QED) is 0.309. The number of anilines is 6. The normalized spacial score (nSPS) is 19.6. The minimum Gasteiger partial charge on any atom is -0.371 e. The smallest absolute Gasteiger partial charge is 0.229 e. The number of aromatic nitrogens is 4. The first kappa shape index (κ1) is 27.0. The molecule has 0 bridgehead atoms. The molecule has 2 aromatic heterocycles. The van der Waals surface area contributed by atoms with Crippen molar-refractivity contribution >= 4 is 57.7 Å². The van der Waals surface area contributed by atoms with Gasteiger partial charge in [0.25, 0.3) is 0 Å². The van der Waals surface area contributed by atoms with Crippen LogP contribution >= 0.6 is 12.1 Å². The number of hydrogen-bond acceptors (Lipinski definition) is 10. The number of nitrogens with one attached hydrogen (secondary N) is 1. The van der Waals surface area contributed by atoms with Crippen LogP contribution in [0.15, 0.2) is 42.6 Å². The molecule has 43 heavy (non-hydrogen) atoms. The van der Waals surface area contributed by atoms with Crippen molar-refractivity contribution in [1.29, 1.82) is 0 Å². The monoisotopic (exact) mass is 596 g/mol. The van der Waals surface area contributed by atoms with Crippen molar-refractivity contribution < 1.29 is 0 Å². The molecule has 2 saturated heterocycles. The predicted molar refractivity (Wildman–Crippen MR) is 177 cm³/mol. The summed E-state index contributed by atoms with van der Waals surface area (Å²) in [6, 6.07) is 14.1. The molecule has 0 spiro atoms. The second-order valence-corrected chi connectivity index (χ2v) is 13.3. The third-order valence-corrected chi connectivity index (χ3v) is 10.7. The zero-order chi connectivity index (χ0) is 29.1. The highest BCUT2D eigenvalue weighted by Gasteiger charge is 2.36. The van der Waals surface area contributed by atoms with Crippen molar-refractivity contribution in [2.75, 3.05) is 71.7 Å². The molecule has 4 aliphatic rings. The van der Waals surface area contributed by atoms with E-state index in [0.29, 0.717) is 5.95 Å². The van der Waals surface area contributed by atoms with Gasteiger partial charge in [-0.1, -0.05) is 19.1 Å². The number of fused-ring (bicyclic) bond motifs is 1. The average molecular weight is 597 g/mol. The molecule has 0 amide bonds. The van der Waals surface area contributed by atoms with Gasteiger partial charge in [0.2, 0.25) is 5.95 Å². The summed E-state index contributed by atoms with van der Waals surface area (Å²) in [5, 5.41) is 8.35. The minimum absolute atomic E-state index is 0.597. The van der Waals surface area contributed by atoms with Crippen LogP contribution in [0.4, 0.5) is 34.5 Å². The molecule has 4 aliphatic heterocycles. The Morgan fingerprint density at radius 2 is 1.79 bits per heavy atom. The molecule has 6 heterocycles. The number of piperazine rings is 1. The second kappa shape index (κ2) is 10.9. The van der Waals surface area contributed by atoms with E-state index >= 15 is 0 Å². The second-order valence-electron chi connectivity index (χ2n) is 12.3. The van der Waals surface area contributed by atoms with Crippen molar-refractivity contribution in [3.05, 3.63) is 53.7 Å². The van der Waals surface area contributed by atoms with Gasteiger partial charge in [-0.15, -0.1) is 0 Å². The third-order valence-electron chi connectivity index (χ3n) is 9.58. The third kappa shape index (κ3) is 4.87. The number of piperidine rings is 1. The number of benzene rings is 2. The minimum atomic E-state index is 0.597. The number of likely N-dealkylation sites (N-methyl/N-ethyl adjacent to an activating group) is 1. The molecule has 11 heteroatoms. The van der Waals surface area contributed by atoms with Gasteiger partial charge in [0.15, 0.2) is 11.3 Å². The van der Waals surface area contributed by atoms with Gasteiger partial charge in [0.1, 0.15) is 5.52 Å². The standard InChI is InChI=1S/C32H40N10S/c1-4-22-20-25(39-13-11-24(12-14-39)40-18-16-37(2)17-19-40)8-9-26(22)33-32-34-27-21-38(3)36-29(27)31(35-32)42-28-7-5-6-23-10-15-41(43-42)30(23)28/h5-9,20-21,24H,4,10-19H2,1-3H3,(H,33,34). The van der Waals surface area contributed by atoms with Crippen LogP contribution in [0.5, 0.6) is 0 Å². The molecule has 8 rings (SSSR count). The molecule has 224 valence electrons. The summed E-state index contributed by atoms with van der Waals surface area (Å²) < 4.78 is 6.42. The maximum Gasteiger partial charge on any atom is 0.229 e. The topological polar surface area (TPSA) is 71.8 Å². The van der Waals surface area contributed by atoms with E-state index < -0.39 is 0 Å². The first-order valence-electron chi connectivity index (χ1n) is 15.7. The molecule has 0 aliphatic carbocycles. The Balaban J connectivity index is 1.04. The van der Waals surface area contributed by atoms with Crippen molar-refractivity contribution in [1.82, 2.24) is 29.5 Å². The van der Waals surface area contributed by atoms with Crippen molar-refractivity contribution in [2.24, 2.45) is 7.05 Å². The van der Waals surface area contributed by atoms with Crippen LogP contribution < -0.4 is 18.8 Å². The Morgan fingerprint density at radius 3 is 2.60 bits per heavy atom. The fourth-order valence-corrected chi connectivity index (χ4v) is 8.24. The number of rotatable bonds is 6. The van der Waals surface area contributed by atoms with E-state index in [0.717, 1.165) is 61.1 Å². The van der Waals surface area contributed by atoms with Crippen LogP contribution in [0.2, 0.25) is 0 Å². The first-order chi connectivity index (χ1) is 21.0. The van der Waals surface area contributed by atoms with Crippen LogP contribution in [0.25, 0.3) is 11.0 Å². The number of hydrogen-bond donors (Lipinski definition) is 1. The highest BCUT2D eigenvalue weighted by atomic mass is 32.2. The number of para-hydroxylation sites is 1. The summed E-state index contributed by atoms with van der Waals surface area (Å²) in [4.78, 5) is 17.7. The van der Waals surface area contributed by atoms with Gasteiger partial charge in [0, 0.05) is 70.3 Å². The molecule has 2 aromatic carbocycles. The molecule has 10 nitrogen and oxygen atoms in total. The summed E-state index contributed by atoms with van der Waals surface area (Å²) in [6.45, 7) is 10.3. The zero-order valence-electron chi connectivity index (χ0n) is 25.3. The van der Waals surface area contributed by atoms with Crippen LogP contribution in [0, 0.1) is 0 Å². The van der Waals surface area contributed by atoms with Gasteiger partial charge < -0.3 is 15.1 Å². The highest BCUT2D eigenvalue weighted by Crippen LogP contribution is 2.53. The molecule has 2 fully saturated rings. The fraction of sp³-hybridized carbons (Fsp3) is 0.469. The Hall–Kier alpha value is -3.54. The Kier molecular flexibility index (Phi) is 6.84. The number of nitrogens with zero attached hydrogens (tertiary/aromatic N) is 9. The SMILES string of the molecule is CCc1cc(N2CCC(N3CCN(C)CC3)CC2)ccc1Nc1nc(N2SN3CCc4cccc2c43)c2nn(C)cc2n1. The maximum absolute atomic E-state index is 5.09. The van der Waals surface area contributed by atoms with Gasteiger partial charge in [0.05, 0.1) is 29.7 Å². The summed E-state index contributed by atoms with van der Waals surface area (Å²) in [5.41, 5.74) is 9.18. The lowest BCUT2D eigenvalue weighted by atomic mass is 10.0. The lowest BCUT2D eigenvalue weighted by molar-refractivity contribution is 0.0982. The molecule has 0 atom stereocenters. The molecule has 0 radical (unpaired) electrons. The lowest BCUT2D eigenvalue weighted by Gasteiger charge is -2.42.